The molecular formula is C16H15ClN2. The monoisotopic (exact) mass is 270 g/mol. The molecule has 0 fully saturated rings. The van der Waals surface area contributed by atoms with E-state index in [0.717, 1.165) is 22.0 Å². The second-order valence-corrected chi connectivity index (χ2v) is 4.09. The van der Waals surface area contributed by atoms with Crippen molar-refractivity contribution in [3.05, 3.63) is 60.0 Å². The number of halogens is 1. The summed E-state index contributed by atoms with van der Waals surface area (Å²) in [4.78, 5) is 8.60. The minimum absolute atomic E-state index is 0.493. The third kappa shape index (κ3) is 2.74. The average molecular weight is 271 g/mol. The van der Waals surface area contributed by atoms with Crippen LogP contribution in [0, 0.1) is 0 Å². The Morgan fingerprint density at radius 3 is 2.37 bits per heavy atom. The van der Waals surface area contributed by atoms with E-state index < -0.39 is 0 Å². The molecule has 2 aromatic heterocycles. The first-order valence-electron chi connectivity index (χ1n) is 6.31. The Hall–Kier alpha value is -1.93. The zero-order chi connectivity index (χ0) is 13.7. The first-order valence-corrected chi connectivity index (χ1v) is 6.69. The molecule has 0 aliphatic rings. The van der Waals surface area contributed by atoms with Crippen molar-refractivity contribution in [3.63, 3.8) is 0 Å². The summed E-state index contributed by atoms with van der Waals surface area (Å²) in [6.45, 7) is 4.00. The van der Waals surface area contributed by atoms with Crippen molar-refractivity contribution in [2.24, 2.45) is 0 Å². The van der Waals surface area contributed by atoms with Crippen molar-refractivity contribution in [2.75, 3.05) is 0 Å². The van der Waals surface area contributed by atoms with Gasteiger partial charge in [0.05, 0.1) is 5.52 Å². The Labute approximate surface area is 118 Å². The van der Waals surface area contributed by atoms with Crippen LogP contribution in [0.5, 0.6) is 0 Å². The summed E-state index contributed by atoms with van der Waals surface area (Å²) in [6.07, 6.45) is 3.54. The highest BCUT2D eigenvalue weighted by molar-refractivity contribution is 6.34. The highest BCUT2D eigenvalue weighted by Gasteiger charge is 2.07. The molecule has 0 N–H and O–H groups in total. The van der Waals surface area contributed by atoms with E-state index in [9.17, 15) is 0 Å². The van der Waals surface area contributed by atoms with Crippen molar-refractivity contribution >= 4 is 22.5 Å². The van der Waals surface area contributed by atoms with Crippen molar-refractivity contribution in [1.29, 1.82) is 0 Å². The van der Waals surface area contributed by atoms with Gasteiger partial charge in [0.1, 0.15) is 5.15 Å². The topological polar surface area (TPSA) is 25.8 Å². The lowest BCUT2D eigenvalue weighted by Crippen LogP contribution is -1.87. The number of rotatable bonds is 1. The molecule has 2 heterocycles. The molecule has 3 rings (SSSR count). The van der Waals surface area contributed by atoms with Crippen LogP contribution in [0.25, 0.3) is 22.0 Å². The third-order valence-electron chi connectivity index (χ3n) is 2.68. The van der Waals surface area contributed by atoms with Crippen LogP contribution in [-0.4, -0.2) is 9.97 Å². The first kappa shape index (κ1) is 13.5. The predicted octanol–water partition coefficient (Wildman–Crippen LogP) is 4.98. The van der Waals surface area contributed by atoms with Crippen LogP contribution in [0.3, 0.4) is 0 Å². The lowest BCUT2D eigenvalue weighted by molar-refractivity contribution is 1.32. The quantitative estimate of drug-likeness (QED) is 0.583. The number of fused-ring (bicyclic) bond motifs is 1. The number of nitrogens with zero attached hydrogens (tertiary/aromatic N) is 2. The molecule has 0 aliphatic heterocycles. The number of benzene rings is 1. The molecule has 0 amide bonds. The van der Waals surface area contributed by atoms with E-state index in [1.807, 2.05) is 56.3 Å². The van der Waals surface area contributed by atoms with Gasteiger partial charge in [0.25, 0.3) is 0 Å². The van der Waals surface area contributed by atoms with Crippen LogP contribution in [0.1, 0.15) is 13.8 Å². The number of aromatic nitrogens is 2. The fourth-order valence-corrected chi connectivity index (χ4v) is 2.07. The van der Waals surface area contributed by atoms with Gasteiger partial charge in [-0.3, -0.25) is 4.98 Å². The maximum atomic E-state index is 6.07. The van der Waals surface area contributed by atoms with E-state index in [4.69, 9.17) is 11.6 Å². The van der Waals surface area contributed by atoms with E-state index in [2.05, 4.69) is 9.97 Å². The van der Waals surface area contributed by atoms with Crippen LogP contribution in [0.2, 0.25) is 5.15 Å². The SMILES string of the molecule is CC.Clc1ncc(-c2ccccc2)c2ncccc12. The van der Waals surface area contributed by atoms with Crippen molar-refractivity contribution in [2.45, 2.75) is 13.8 Å². The lowest BCUT2D eigenvalue weighted by atomic mass is 10.1. The zero-order valence-corrected chi connectivity index (χ0v) is 11.7. The third-order valence-corrected chi connectivity index (χ3v) is 2.98. The maximum Gasteiger partial charge on any atom is 0.138 e. The second-order valence-electron chi connectivity index (χ2n) is 3.73. The molecule has 3 aromatic rings. The van der Waals surface area contributed by atoms with Gasteiger partial charge < -0.3 is 0 Å². The molecule has 0 aliphatic carbocycles. The van der Waals surface area contributed by atoms with Gasteiger partial charge in [-0.15, -0.1) is 0 Å². The molecule has 0 atom stereocenters. The minimum Gasteiger partial charge on any atom is -0.255 e. The Bertz CT molecular complexity index is 666. The number of hydrogen-bond acceptors (Lipinski definition) is 2. The van der Waals surface area contributed by atoms with E-state index in [1.54, 1.807) is 12.4 Å². The molecular weight excluding hydrogens is 256 g/mol. The molecule has 0 radical (unpaired) electrons. The number of pyridine rings is 2. The van der Waals surface area contributed by atoms with E-state index in [-0.39, 0.29) is 0 Å². The summed E-state index contributed by atoms with van der Waals surface area (Å²) in [5.74, 6) is 0. The fourth-order valence-electron chi connectivity index (χ4n) is 1.87. The molecule has 2 nitrogen and oxygen atoms in total. The lowest BCUT2D eigenvalue weighted by Gasteiger charge is -2.06. The van der Waals surface area contributed by atoms with Crippen molar-refractivity contribution in [1.82, 2.24) is 9.97 Å². The van der Waals surface area contributed by atoms with Gasteiger partial charge in [0.2, 0.25) is 0 Å². The summed E-state index contributed by atoms with van der Waals surface area (Å²) >= 11 is 6.07. The van der Waals surface area contributed by atoms with E-state index in [0.29, 0.717) is 5.15 Å². The van der Waals surface area contributed by atoms with Crippen LogP contribution in [0.15, 0.2) is 54.9 Å². The van der Waals surface area contributed by atoms with Crippen molar-refractivity contribution in [3.8, 4) is 11.1 Å². The molecule has 3 heteroatoms. The second kappa shape index (κ2) is 6.30. The van der Waals surface area contributed by atoms with Gasteiger partial charge in [-0.05, 0) is 17.7 Å². The normalized spacial score (nSPS) is 9.84. The van der Waals surface area contributed by atoms with Gasteiger partial charge in [-0.25, -0.2) is 4.98 Å². The molecule has 0 spiro atoms. The first-order chi connectivity index (χ1) is 9.36. The summed E-state index contributed by atoms with van der Waals surface area (Å²) < 4.78 is 0. The highest BCUT2D eigenvalue weighted by Crippen LogP contribution is 2.29. The van der Waals surface area contributed by atoms with Gasteiger partial charge in [-0.2, -0.15) is 0 Å². The molecule has 0 saturated heterocycles. The predicted molar refractivity (Wildman–Crippen MR) is 81.3 cm³/mol. The summed E-state index contributed by atoms with van der Waals surface area (Å²) in [7, 11) is 0. The summed E-state index contributed by atoms with van der Waals surface area (Å²) in [6, 6.07) is 13.9. The Kier molecular flexibility index (Phi) is 4.48. The van der Waals surface area contributed by atoms with Crippen LogP contribution < -0.4 is 0 Å². The molecule has 0 saturated carbocycles. The Morgan fingerprint density at radius 1 is 0.895 bits per heavy atom. The summed E-state index contributed by atoms with van der Waals surface area (Å²) in [5.41, 5.74) is 2.99. The highest BCUT2D eigenvalue weighted by atomic mass is 35.5. The van der Waals surface area contributed by atoms with Crippen molar-refractivity contribution < 1.29 is 0 Å². The van der Waals surface area contributed by atoms with Crippen LogP contribution in [-0.2, 0) is 0 Å². The Morgan fingerprint density at radius 2 is 1.63 bits per heavy atom. The summed E-state index contributed by atoms with van der Waals surface area (Å²) in [5, 5.41) is 1.38. The molecule has 0 unspecified atom stereocenters. The van der Waals surface area contributed by atoms with E-state index in [1.165, 1.54) is 0 Å². The van der Waals surface area contributed by atoms with Gasteiger partial charge in [0.15, 0.2) is 0 Å². The molecule has 1 aromatic carbocycles. The fraction of sp³-hybridized carbons (Fsp3) is 0.125. The smallest absolute Gasteiger partial charge is 0.138 e. The van der Waals surface area contributed by atoms with E-state index >= 15 is 0 Å². The number of hydrogen-bond donors (Lipinski definition) is 0. The molecule has 96 valence electrons. The largest absolute Gasteiger partial charge is 0.255 e. The maximum absolute atomic E-state index is 6.07. The standard InChI is InChI=1S/C14H9ClN2.C2H6/c15-14-11-7-4-8-16-13(11)12(9-17-14)10-5-2-1-3-6-10;1-2/h1-9H;1-2H3. The van der Waals surface area contributed by atoms with Crippen LogP contribution >= 0.6 is 11.6 Å². The average Bonchev–Trinajstić information content (AvgIpc) is 2.51. The van der Waals surface area contributed by atoms with Gasteiger partial charge in [0, 0.05) is 23.3 Å². The Balaban J connectivity index is 0.000000637. The minimum atomic E-state index is 0.493. The van der Waals surface area contributed by atoms with Gasteiger partial charge in [-0.1, -0.05) is 55.8 Å². The zero-order valence-electron chi connectivity index (χ0n) is 11.0. The van der Waals surface area contributed by atoms with Gasteiger partial charge >= 0.3 is 0 Å². The van der Waals surface area contributed by atoms with Crippen LogP contribution in [0.4, 0.5) is 0 Å². The molecule has 0 bridgehead atoms. The molecule has 19 heavy (non-hydrogen) atoms.